The zero-order valence-corrected chi connectivity index (χ0v) is 10.1. The summed E-state index contributed by atoms with van der Waals surface area (Å²) >= 11 is 0. The molecular formula is C14H13N3O. The van der Waals surface area contributed by atoms with Gasteiger partial charge in [-0.3, -0.25) is 0 Å². The lowest BCUT2D eigenvalue weighted by molar-refractivity contribution is 0.397. The molecule has 0 spiro atoms. The number of pyridine rings is 1. The number of ether oxygens (including phenoxy) is 1. The highest BCUT2D eigenvalue weighted by Gasteiger charge is 1.97. The number of anilines is 1. The van der Waals surface area contributed by atoms with E-state index in [1.165, 1.54) is 0 Å². The first-order chi connectivity index (χ1) is 8.81. The Morgan fingerprint density at radius 3 is 2.56 bits per heavy atom. The highest BCUT2D eigenvalue weighted by Crippen LogP contribution is 2.12. The molecule has 0 saturated carbocycles. The van der Waals surface area contributed by atoms with E-state index >= 15 is 0 Å². The van der Waals surface area contributed by atoms with Gasteiger partial charge in [0.25, 0.3) is 0 Å². The van der Waals surface area contributed by atoms with Crippen LogP contribution < -0.4 is 10.1 Å². The number of benzene rings is 1. The van der Waals surface area contributed by atoms with Crippen molar-refractivity contribution in [2.75, 3.05) is 12.4 Å². The van der Waals surface area contributed by atoms with Crippen LogP contribution in [-0.4, -0.2) is 12.1 Å². The van der Waals surface area contributed by atoms with Gasteiger partial charge in [0.15, 0.2) is 0 Å². The van der Waals surface area contributed by atoms with Crippen LogP contribution in [0.3, 0.4) is 0 Å². The van der Waals surface area contributed by atoms with Crippen LogP contribution in [0.25, 0.3) is 0 Å². The molecule has 0 aliphatic rings. The summed E-state index contributed by atoms with van der Waals surface area (Å²) in [4.78, 5) is 4.13. The molecule has 1 aromatic heterocycles. The Morgan fingerprint density at radius 1 is 1.22 bits per heavy atom. The third-order valence-corrected chi connectivity index (χ3v) is 2.52. The van der Waals surface area contributed by atoms with E-state index in [4.69, 9.17) is 10.00 Å². The van der Waals surface area contributed by atoms with E-state index in [-0.39, 0.29) is 0 Å². The van der Waals surface area contributed by atoms with E-state index in [2.05, 4.69) is 16.4 Å². The van der Waals surface area contributed by atoms with Crippen molar-refractivity contribution in [1.82, 2.24) is 4.98 Å². The van der Waals surface area contributed by atoms with Crippen molar-refractivity contribution in [2.24, 2.45) is 0 Å². The van der Waals surface area contributed by atoms with E-state index in [9.17, 15) is 0 Å². The van der Waals surface area contributed by atoms with Gasteiger partial charge in [-0.05, 0) is 29.8 Å². The quantitative estimate of drug-likeness (QED) is 0.890. The molecule has 2 aromatic rings. The minimum absolute atomic E-state index is 0.608. The lowest BCUT2D eigenvalue weighted by Crippen LogP contribution is -2.00. The van der Waals surface area contributed by atoms with Gasteiger partial charge < -0.3 is 10.1 Å². The van der Waals surface area contributed by atoms with Crippen molar-refractivity contribution < 1.29 is 4.74 Å². The molecule has 1 N–H and O–H groups in total. The van der Waals surface area contributed by atoms with E-state index in [1.54, 1.807) is 25.4 Å². The number of rotatable bonds is 4. The Labute approximate surface area is 106 Å². The Balaban J connectivity index is 1.95. The number of hydrogen-bond acceptors (Lipinski definition) is 4. The Hall–Kier alpha value is -2.54. The molecule has 0 saturated heterocycles. The van der Waals surface area contributed by atoms with Gasteiger partial charge >= 0.3 is 0 Å². The van der Waals surface area contributed by atoms with Crippen LogP contribution in [0.2, 0.25) is 0 Å². The van der Waals surface area contributed by atoms with Crippen LogP contribution >= 0.6 is 0 Å². The summed E-state index contributed by atoms with van der Waals surface area (Å²) in [5, 5.41) is 12.0. The van der Waals surface area contributed by atoms with Gasteiger partial charge in [0.05, 0.1) is 18.7 Å². The molecule has 1 heterocycles. The van der Waals surface area contributed by atoms with Crippen LogP contribution in [0.5, 0.6) is 5.88 Å². The molecule has 0 fully saturated rings. The molecule has 2 rings (SSSR count). The molecule has 0 aliphatic carbocycles. The first kappa shape index (κ1) is 11.9. The SMILES string of the molecule is COc1ccc(CNc2ccc(C#N)cc2)cn1. The van der Waals surface area contributed by atoms with Gasteiger partial charge in [-0.2, -0.15) is 5.26 Å². The first-order valence-corrected chi connectivity index (χ1v) is 5.55. The molecule has 90 valence electrons. The molecule has 1 aromatic carbocycles. The van der Waals surface area contributed by atoms with Crippen molar-refractivity contribution in [3.8, 4) is 11.9 Å². The minimum Gasteiger partial charge on any atom is -0.481 e. The Kier molecular flexibility index (Phi) is 3.77. The van der Waals surface area contributed by atoms with Gasteiger partial charge in [0, 0.05) is 24.5 Å². The lowest BCUT2D eigenvalue weighted by Gasteiger charge is -2.06. The monoisotopic (exact) mass is 239 g/mol. The summed E-state index contributed by atoms with van der Waals surface area (Å²) in [6.45, 7) is 0.683. The lowest BCUT2D eigenvalue weighted by atomic mass is 10.2. The number of methoxy groups -OCH3 is 1. The van der Waals surface area contributed by atoms with Crippen LogP contribution in [0.15, 0.2) is 42.6 Å². The summed E-state index contributed by atoms with van der Waals surface area (Å²) in [6.07, 6.45) is 1.77. The molecule has 0 unspecified atom stereocenters. The van der Waals surface area contributed by atoms with Crippen molar-refractivity contribution in [3.63, 3.8) is 0 Å². The number of nitrogens with zero attached hydrogens (tertiary/aromatic N) is 2. The number of aromatic nitrogens is 1. The maximum absolute atomic E-state index is 8.70. The maximum atomic E-state index is 8.70. The van der Waals surface area contributed by atoms with Gasteiger partial charge in [0.2, 0.25) is 5.88 Å². The fourth-order valence-electron chi connectivity index (χ4n) is 1.50. The van der Waals surface area contributed by atoms with Crippen LogP contribution in [-0.2, 0) is 6.54 Å². The predicted octanol–water partition coefficient (Wildman–Crippen LogP) is 2.57. The second kappa shape index (κ2) is 5.69. The smallest absolute Gasteiger partial charge is 0.212 e. The summed E-state index contributed by atoms with van der Waals surface area (Å²) in [7, 11) is 1.59. The summed E-state index contributed by atoms with van der Waals surface area (Å²) in [6, 6.07) is 13.2. The molecule has 0 bridgehead atoms. The van der Waals surface area contributed by atoms with E-state index in [0.29, 0.717) is 18.0 Å². The Morgan fingerprint density at radius 2 is 2.00 bits per heavy atom. The standard InChI is InChI=1S/C14H13N3O/c1-18-14-7-4-12(10-17-14)9-16-13-5-2-11(8-15)3-6-13/h2-7,10,16H,9H2,1H3. The average molecular weight is 239 g/mol. The minimum atomic E-state index is 0.608. The topological polar surface area (TPSA) is 57.9 Å². The molecule has 4 nitrogen and oxygen atoms in total. The van der Waals surface area contributed by atoms with Crippen molar-refractivity contribution in [2.45, 2.75) is 6.54 Å². The van der Waals surface area contributed by atoms with Crippen molar-refractivity contribution in [1.29, 1.82) is 5.26 Å². The highest BCUT2D eigenvalue weighted by atomic mass is 16.5. The van der Waals surface area contributed by atoms with E-state index in [1.807, 2.05) is 24.3 Å². The van der Waals surface area contributed by atoms with E-state index < -0.39 is 0 Å². The Bertz CT molecular complexity index is 541. The van der Waals surface area contributed by atoms with Gasteiger partial charge in [0.1, 0.15) is 0 Å². The molecule has 0 aliphatic heterocycles. The van der Waals surface area contributed by atoms with Crippen molar-refractivity contribution in [3.05, 3.63) is 53.7 Å². The van der Waals surface area contributed by atoms with E-state index in [0.717, 1.165) is 11.3 Å². The molecule has 0 radical (unpaired) electrons. The van der Waals surface area contributed by atoms with Gasteiger partial charge in [-0.25, -0.2) is 4.98 Å². The number of nitriles is 1. The fraction of sp³-hybridized carbons (Fsp3) is 0.143. The zero-order valence-electron chi connectivity index (χ0n) is 10.1. The third kappa shape index (κ3) is 2.98. The molecule has 4 heteroatoms. The summed E-state index contributed by atoms with van der Waals surface area (Å²) in [5.74, 6) is 0.608. The molecule has 0 atom stereocenters. The second-order valence-electron chi connectivity index (χ2n) is 3.75. The molecule has 18 heavy (non-hydrogen) atoms. The third-order valence-electron chi connectivity index (χ3n) is 2.52. The number of hydrogen-bond donors (Lipinski definition) is 1. The molecule has 0 amide bonds. The van der Waals surface area contributed by atoms with Crippen LogP contribution in [0.4, 0.5) is 5.69 Å². The highest BCUT2D eigenvalue weighted by molar-refractivity contribution is 5.47. The zero-order chi connectivity index (χ0) is 12.8. The predicted molar refractivity (Wildman–Crippen MR) is 69.3 cm³/mol. The van der Waals surface area contributed by atoms with Crippen LogP contribution in [0.1, 0.15) is 11.1 Å². The average Bonchev–Trinajstić information content (AvgIpc) is 2.46. The number of nitrogens with one attached hydrogen (secondary N) is 1. The second-order valence-corrected chi connectivity index (χ2v) is 3.75. The fourth-order valence-corrected chi connectivity index (χ4v) is 1.50. The first-order valence-electron chi connectivity index (χ1n) is 5.55. The largest absolute Gasteiger partial charge is 0.481 e. The van der Waals surface area contributed by atoms with Gasteiger partial charge in [-0.1, -0.05) is 6.07 Å². The maximum Gasteiger partial charge on any atom is 0.212 e. The summed E-state index contributed by atoms with van der Waals surface area (Å²) in [5.41, 5.74) is 2.71. The van der Waals surface area contributed by atoms with Crippen molar-refractivity contribution >= 4 is 5.69 Å². The normalized spacial score (nSPS) is 9.56. The molecular weight excluding hydrogens is 226 g/mol. The van der Waals surface area contributed by atoms with Crippen LogP contribution in [0, 0.1) is 11.3 Å². The summed E-state index contributed by atoms with van der Waals surface area (Å²) < 4.78 is 5.00. The van der Waals surface area contributed by atoms with Gasteiger partial charge in [-0.15, -0.1) is 0 Å².